The molecule has 0 aromatic heterocycles. The van der Waals surface area contributed by atoms with Gasteiger partial charge in [0, 0.05) is 6.42 Å². The van der Waals surface area contributed by atoms with Crippen LogP contribution in [0.25, 0.3) is 0 Å². The molecule has 0 unspecified atom stereocenters. The Morgan fingerprint density at radius 2 is 2.40 bits per heavy atom. The van der Waals surface area contributed by atoms with Gasteiger partial charge < -0.3 is 0 Å². The summed E-state index contributed by atoms with van der Waals surface area (Å²) in [5, 5.41) is 0. The van der Waals surface area contributed by atoms with Gasteiger partial charge in [-0.25, -0.2) is 0 Å². The van der Waals surface area contributed by atoms with Crippen molar-refractivity contribution in [2.45, 2.75) is 19.3 Å². The van der Waals surface area contributed by atoms with Crippen LogP contribution in [0.3, 0.4) is 0 Å². The first-order valence-electron chi connectivity index (χ1n) is 3.40. The lowest BCUT2D eigenvalue weighted by molar-refractivity contribution is -0.115. The molecule has 2 rings (SSSR count). The second kappa shape index (κ2) is 1.93. The van der Waals surface area contributed by atoms with E-state index in [9.17, 15) is 4.79 Å². The molecule has 1 heterocycles. The van der Waals surface area contributed by atoms with Gasteiger partial charge in [0.2, 0.25) is 17.6 Å². The lowest BCUT2D eigenvalue weighted by Crippen LogP contribution is -2.07. The minimum Gasteiger partial charge on any atom is -0.279 e. The Morgan fingerprint density at radius 1 is 1.50 bits per heavy atom. The topological polar surface area (TPSA) is 26.3 Å². The smallest absolute Gasteiger partial charge is 0.278 e. The number of Topliss-reactive ketones (excluding diaryl/α,β-unsaturated/α-hetero) is 1. The molecular formula is C8H7O2+. The maximum atomic E-state index is 11.1. The highest BCUT2D eigenvalue weighted by Crippen LogP contribution is 2.27. The monoisotopic (exact) mass is 135 g/mol. The minimum atomic E-state index is 0.200. The van der Waals surface area contributed by atoms with E-state index in [4.69, 9.17) is 4.74 Å². The van der Waals surface area contributed by atoms with E-state index in [1.165, 1.54) is 0 Å². The third-order valence-corrected chi connectivity index (χ3v) is 1.79. The Balaban J connectivity index is 2.37. The van der Waals surface area contributed by atoms with Gasteiger partial charge in [-0.3, -0.25) is 9.53 Å². The maximum Gasteiger partial charge on any atom is 0.278 e. The Labute approximate surface area is 59.2 Å². The van der Waals surface area contributed by atoms with Crippen LogP contribution in [-0.2, 0) is 9.53 Å². The largest absolute Gasteiger partial charge is 0.279 e. The maximum absolute atomic E-state index is 11.1. The summed E-state index contributed by atoms with van der Waals surface area (Å²) in [6, 6.07) is 0. The molecule has 0 aromatic rings. The molecule has 0 N–H and O–H groups in total. The van der Waals surface area contributed by atoms with Crippen molar-refractivity contribution in [1.82, 2.24) is 0 Å². The van der Waals surface area contributed by atoms with Gasteiger partial charge in [-0.2, -0.15) is 0 Å². The quantitative estimate of drug-likeness (QED) is 0.468. The lowest BCUT2D eigenvalue weighted by Gasteiger charge is -2.00. The molecule has 2 nitrogen and oxygen atoms in total. The van der Waals surface area contributed by atoms with Gasteiger partial charge >= 0.3 is 0 Å². The average Bonchev–Trinajstić information content (AvgIpc) is 2.36. The molecule has 50 valence electrons. The first kappa shape index (κ1) is 5.63. The van der Waals surface area contributed by atoms with Crippen LogP contribution in [0.15, 0.2) is 17.4 Å². The van der Waals surface area contributed by atoms with Gasteiger partial charge in [-0.1, -0.05) is 0 Å². The number of allylic oxidation sites excluding steroid dienone is 3. The van der Waals surface area contributed by atoms with E-state index in [0.29, 0.717) is 6.42 Å². The fourth-order valence-electron chi connectivity index (χ4n) is 1.26. The molecule has 0 amide bonds. The molecule has 0 atom stereocenters. The van der Waals surface area contributed by atoms with Gasteiger partial charge in [0.25, 0.3) is 5.76 Å². The molecule has 0 fully saturated rings. The highest BCUT2D eigenvalue weighted by molar-refractivity contribution is 5.99. The fourth-order valence-corrected chi connectivity index (χ4v) is 1.26. The predicted octanol–water partition coefficient (Wildman–Crippen LogP) is 1.34. The lowest BCUT2D eigenvalue weighted by atomic mass is 9.97. The minimum absolute atomic E-state index is 0.200. The first-order chi connectivity index (χ1) is 4.88. The molecule has 0 saturated carbocycles. The van der Waals surface area contributed by atoms with E-state index in [1.807, 2.05) is 0 Å². The average molecular weight is 135 g/mol. The van der Waals surface area contributed by atoms with E-state index >= 15 is 0 Å². The summed E-state index contributed by atoms with van der Waals surface area (Å²) in [6.07, 6.45) is 6.69. The Bertz CT molecular complexity index is 236. The van der Waals surface area contributed by atoms with Gasteiger partial charge in [-0.05, 0) is 6.42 Å². The molecule has 2 aliphatic rings. The van der Waals surface area contributed by atoms with Crippen molar-refractivity contribution in [3.8, 4) is 0 Å². The van der Waals surface area contributed by atoms with Crippen molar-refractivity contribution < 1.29 is 9.53 Å². The summed E-state index contributed by atoms with van der Waals surface area (Å²) in [5.74, 6) is 1.02. The molecule has 0 radical (unpaired) electrons. The SMILES string of the molecule is O=C1CCCC2=C1C=[C+]O2. The van der Waals surface area contributed by atoms with Crippen molar-refractivity contribution in [3.63, 3.8) is 0 Å². The van der Waals surface area contributed by atoms with Crippen LogP contribution in [0.2, 0.25) is 0 Å². The summed E-state index contributed by atoms with van der Waals surface area (Å²) in [6.45, 7) is 0. The fraction of sp³-hybridized carbons (Fsp3) is 0.375. The first-order valence-corrected chi connectivity index (χ1v) is 3.40. The molecule has 0 spiro atoms. The summed E-state index contributed by atoms with van der Waals surface area (Å²) in [7, 11) is 0. The normalized spacial score (nSPS) is 22.2. The third kappa shape index (κ3) is 0.662. The van der Waals surface area contributed by atoms with Gasteiger partial charge in [0.05, 0.1) is 6.42 Å². The number of hydrogen-bond acceptors (Lipinski definition) is 2. The Hall–Kier alpha value is -1.14. The van der Waals surface area contributed by atoms with Crippen LogP contribution < -0.4 is 0 Å². The van der Waals surface area contributed by atoms with Gasteiger partial charge in [0.15, 0.2) is 6.08 Å². The van der Waals surface area contributed by atoms with Crippen LogP contribution >= 0.6 is 0 Å². The zero-order chi connectivity index (χ0) is 6.97. The molecule has 1 aliphatic carbocycles. The number of carbonyl (C=O) groups is 1. The van der Waals surface area contributed by atoms with Crippen molar-refractivity contribution in [2.75, 3.05) is 0 Å². The van der Waals surface area contributed by atoms with Crippen LogP contribution in [0.4, 0.5) is 0 Å². The molecule has 10 heavy (non-hydrogen) atoms. The molecule has 2 heteroatoms. The van der Waals surface area contributed by atoms with E-state index in [0.717, 1.165) is 24.2 Å². The van der Waals surface area contributed by atoms with Crippen LogP contribution in [0, 0.1) is 6.26 Å². The van der Waals surface area contributed by atoms with Crippen molar-refractivity contribution in [2.24, 2.45) is 0 Å². The standard InChI is InChI=1S/C8H7O2/c9-7-2-1-3-8-6(7)4-5-10-8/h4H,1-3H2/q+1. The van der Waals surface area contributed by atoms with Crippen molar-refractivity contribution >= 4 is 5.78 Å². The third-order valence-electron chi connectivity index (χ3n) is 1.79. The van der Waals surface area contributed by atoms with Crippen LogP contribution in [0.5, 0.6) is 0 Å². The number of rotatable bonds is 0. The van der Waals surface area contributed by atoms with Gasteiger partial charge in [-0.15, -0.1) is 0 Å². The number of carbonyl (C=O) groups excluding carboxylic acids is 1. The van der Waals surface area contributed by atoms with E-state index in [2.05, 4.69) is 6.26 Å². The predicted molar refractivity (Wildman–Crippen MR) is 34.8 cm³/mol. The number of ether oxygens (including phenoxy) is 1. The molecule has 0 saturated heterocycles. The Kier molecular flexibility index (Phi) is 1.08. The van der Waals surface area contributed by atoms with Crippen LogP contribution in [-0.4, -0.2) is 5.78 Å². The van der Waals surface area contributed by atoms with Gasteiger partial charge in [0.1, 0.15) is 0 Å². The van der Waals surface area contributed by atoms with Crippen molar-refractivity contribution in [1.29, 1.82) is 0 Å². The van der Waals surface area contributed by atoms with Crippen molar-refractivity contribution in [3.05, 3.63) is 23.7 Å². The van der Waals surface area contributed by atoms with Crippen LogP contribution in [0.1, 0.15) is 19.3 Å². The highest BCUT2D eigenvalue weighted by atomic mass is 16.5. The zero-order valence-corrected chi connectivity index (χ0v) is 5.52. The summed E-state index contributed by atoms with van der Waals surface area (Å²) >= 11 is 0. The number of ketones is 1. The second-order valence-corrected chi connectivity index (χ2v) is 2.48. The highest BCUT2D eigenvalue weighted by Gasteiger charge is 2.33. The zero-order valence-electron chi connectivity index (χ0n) is 5.52. The van der Waals surface area contributed by atoms with E-state index in [1.54, 1.807) is 6.08 Å². The van der Waals surface area contributed by atoms with E-state index in [-0.39, 0.29) is 5.78 Å². The Morgan fingerprint density at radius 3 is 3.20 bits per heavy atom. The molecular weight excluding hydrogens is 128 g/mol. The second-order valence-electron chi connectivity index (χ2n) is 2.48. The summed E-state index contributed by atoms with van der Waals surface area (Å²) in [4.78, 5) is 11.1. The van der Waals surface area contributed by atoms with E-state index < -0.39 is 0 Å². The molecule has 0 bridgehead atoms. The summed E-state index contributed by atoms with van der Waals surface area (Å²) < 4.78 is 4.98. The number of hydrogen-bond donors (Lipinski definition) is 0. The molecule has 0 aromatic carbocycles. The summed E-state index contributed by atoms with van der Waals surface area (Å²) in [5.41, 5.74) is 0.742. The molecule has 1 aliphatic heterocycles.